The molecule has 2 N–H and O–H groups in total. The van der Waals surface area contributed by atoms with Gasteiger partial charge in [0.1, 0.15) is 0 Å². The maximum absolute atomic E-state index is 5.75. The SMILES string of the molecule is CCOC(CCNC(=NC)NCCOCC1CCCO1)C(C)C.I. The van der Waals surface area contributed by atoms with Crippen molar-refractivity contribution in [3.05, 3.63) is 0 Å². The van der Waals surface area contributed by atoms with Crippen molar-refractivity contribution in [1.29, 1.82) is 0 Å². The summed E-state index contributed by atoms with van der Waals surface area (Å²) in [5.41, 5.74) is 0. The molecule has 0 aromatic rings. The van der Waals surface area contributed by atoms with Crippen LogP contribution in [0.3, 0.4) is 0 Å². The Balaban J connectivity index is 0.00000529. The summed E-state index contributed by atoms with van der Waals surface area (Å²) in [5.74, 6) is 1.34. The minimum atomic E-state index is 0. The van der Waals surface area contributed by atoms with E-state index in [1.165, 1.54) is 0 Å². The van der Waals surface area contributed by atoms with Gasteiger partial charge in [-0.2, -0.15) is 0 Å². The summed E-state index contributed by atoms with van der Waals surface area (Å²) in [5, 5.41) is 6.59. The lowest BCUT2D eigenvalue weighted by molar-refractivity contribution is 0.0190. The van der Waals surface area contributed by atoms with Gasteiger partial charge in [-0.3, -0.25) is 4.99 Å². The molecule has 1 rings (SSSR count). The third kappa shape index (κ3) is 10.7. The molecule has 0 saturated carbocycles. The van der Waals surface area contributed by atoms with Gasteiger partial charge in [0.05, 0.1) is 25.4 Å². The molecule has 7 heteroatoms. The van der Waals surface area contributed by atoms with Crippen LogP contribution in [0, 0.1) is 5.92 Å². The van der Waals surface area contributed by atoms with Crippen LogP contribution in [0.1, 0.15) is 40.0 Å². The first-order valence-electron chi connectivity index (χ1n) is 8.92. The third-order valence-corrected chi connectivity index (χ3v) is 3.94. The molecule has 1 fully saturated rings. The Morgan fingerprint density at radius 2 is 2.04 bits per heavy atom. The number of nitrogens with zero attached hydrogens (tertiary/aromatic N) is 1. The fourth-order valence-electron chi connectivity index (χ4n) is 2.61. The second kappa shape index (κ2) is 15.2. The van der Waals surface area contributed by atoms with Crippen LogP contribution in [0.15, 0.2) is 4.99 Å². The first kappa shape index (κ1) is 23.9. The molecular formula is C17H36IN3O3. The zero-order valence-corrected chi connectivity index (χ0v) is 18.0. The molecule has 144 valence electrons. The number of guanidine groups is 1. The fourth-order valence-corrected chi connectivity index (χ4v) is 2.61. The van der Waals surface area contributed by atoms with E-state index in [1.807, 2.05) is 6.92 Å². The predicted molar refractivity (Wildman–Crippen MR) is 109 cm³/mol. The molecule has 2 atom stereocenters. The van der Waals surface area contributed by atoms with Gasteiger partial charge in [0.25, 0.3) is 0 Å². The fraction of sp³-hybridized carbons (Fsp3) is 0.941. The molecule has 0 amide bonds. The summed E-state index contributed by atoms with van der Waals surface area (Å²) in [6, 6.07) is 0. The highest BCUT2D eigenvalue weighted by atomic mass is 127. The number of nitrogens with one attached hydrogen (secondary N) is 2. The molecule has 6 nitrogen and oxygen atoms in total. The minimum Gasteiger partial charge on any atom is -0.378 e. The molecule has 24 heavy (non-hydrogen) atoms. The van der Waals surface area contributed by atoms with Crippen molar-refractivity contribution in [2.75, 3.05) is 46.6 Å². The second-order valence-electron chi connectivity index (χ2n) is 6.16. The normalized spacial score (nSPS) is 19.2. The Hall–Kier alpha value is -0.120. The largest absolute Gasteiger partial charge is 0.378 e. The monoisotopic (exact) mass is 457 g/mol. The lowest BCUT2D eigenvalue weighted by Crippen LogP contribution is -2.40. The molecule has 1 aliphatic rings. The van der Waals surface area contributed by atoms with Crippen LogP contribution in [0.4, 0.5) is 0 Å². The number of ether oxygens (including phenoxy) is 3. The van der Waals surface area contributed by atoms with Crippen molar-refractivity contribution >= 4 is 29.9 Å². The van der Waals surface area contributed by atoms with E-state index in [2.05, 4.69) is 29.5 Å². The van der Waals surface area contributed by atoms with E-state index in [0.29, 0.717) is 31.3 Å². The lowest BCUT2D eigenvalue weighted by Gasteiger charge is -2.21. The second-order valence-corrected chi connectivity index (χ2v) is 6.16. The van der Waals surface area contributed by atoms with Crippen molar-refractivity contribution < 1.29 is 14.2 Å². The summed E-state index contributed by atoms with van der Waals surface area (Å²) < 4.78 is 16.9. The van der Waals surface area contributed by atoms with Crippen LogP contribution in [-0.4, -0.2) is 64.7 Å². The van der Waals surface area contributed by atoms with Gasteiger partial charge in [-0.25, -0.2) is 0 Å². The van der Waals surface area contributed by atoms with Crippen LogP contribution in [0.25, 0.3) is 0 Å². The van der Waals surface area contributed by atoms with Crippen LogP contribution >= 0.6 is 24.0 Å². The molecule has 0 aromatic carbocycles. The Morgan fingerprint density at radius 1 is 1.29 bits per heavy atom. The average Bonchev–Trinajstić information content (AvgIpc) is 3.05. The van der Waals surface area contributed by atoms with E-state index in [1.54, 1.807) is 7.05 Å². The summed E-state index contributed by atoms with van der Waals surface area (Å²) in [4.78, 5) is 4.22. The zero-order chi connectivity index (χ0) is 16.9. The van der Waals surface area contributed by atoms with Gasteiger partial charge in [-0.15, -0.1) is 24.0 Å². The number of aliphatic imine (C=N–C) groups is 1. The molecule has 0 aromatic heterocycles. The van der Waals surface area contributed by atoms with E-state index in [9.17, 15) is 0 Å². The molecule has 0 radical (unpaired) electrons. The smallest absolute Gasteiger partial charge is 0.191 e. The topological polar surface area (TPSA) is 64.1 Å². The molecule has 2 unspecified atom stereocenters. The minimum absolute atomic E-state index is 0. The molecule has 0 aliphatic carbocycles. The highest BCUT2D eigenvalue weighted by Crippen LogP contribution is 2.11. The highest BCUT2D eigenvalue weighted by molar-refractivity contribution is 14.0. The third-order valence-electron chi connectivity index (χ3n) is 3.94. The van der Waals surface area contributed by atoms with E-state index < -0.39 is 0 Å². The Kier molecular flexibility index (Phi) is 15.1. The van der Waals surface area contributed by atoms with Crippen molar-refractivity contribution in [1.82, 2.24) is 10.6 Å². The maximum Gasteiger partial charge on any atom is 0.191 e. The molecule has 0 bridgehead atoms. The first-order valence-corrected chi connectivity index (χ1v) is 8.92. The Labute approximate surface area is 164 Å². The maximum atomic E-state index is 5.75. The molecule has 1 aliphatic heterocycles. The van der Waals surface area contributed by atoms with Crippen molar-refractivity contribution in [3.63, 3.8) is 0 Å². The number of rotatable bonds is 11. The van der Waals surface area contributed by atoms with Gasteiger partial charge in [-0.1, -0.05) is 13.8 Å². The van der Waals surface area contributed by atoms with Crippen molar-refractivity contribution in [2.45, 2.75) is 52.2 Å². The van der Waals surface area contributed by atoms with Gasteiger partial charge in [0.15, 0.2) is 5.96 Å². The van der Waals surface area contributed by atoms with Gasteiger partial charge in [0.2, 0.25) is 0 Å². The molecule has 0 spiro atoms. The first-order chi connectivity index (χ1) is 11.2. The van der Waals surface area contributed by atoms with Crippen LogP contribution in [-0.2, 0) is 14.2 Å². The van der Waals surface area contributed by atoms with E-state index in [-0.39, 0.29) is 24.0 Å². The number of hydrogen-bond donors (Lipinski definition) is 2. The standard InChI is InChI=1S/C17H35N3O3.HI/c1-5-22-16(14(2)3)8-9-19-17(18-4)20-10-12-21-13-15-7-6-11-23-15;/h14-16H,5-13H2,1-4H3,(H2,18,19,20);1H. The van der Waals surface area contributed by atoms with Crippen LogP contribution < -0.4 is 10.6 Å². The molecule has 1 saturated heterocycles. The van der Waals surface area contributed by atoms with Gasteiger partial charge < -0.3 is 24.8 Å². The summed E-state index contributed by atoms with van der Waals surface area (Å²) >= 11 is 0. The predicted octanol–water partition coefficient (Wildman–Crippen LogP) is 2.42. The summed E-state index contributed by atoms with van der Waals surface area (Å²) in [6.07, 6.45) is 3.83. The number of hydrogen-bond acceptors (Lipinski definition) is 4. The van der Waals surface area contributed by atoms with Crippen molar-refractivity contribution in [3.8, 4) is 0 Å². The van der Waals surface area contributed by atoms with Crippen LogP contribution in [0.5, 0.6) is 0 Å². The lowest BCUT2D eigenvalue weighted by atomic mass is 10.0. The Morgan fingerprint density at radius 3 is 2.62 bits per heavy atom. The van der Waals surface area contributed by atoms with Gasteiger partial charge >= 0.3 is 0 Å². The van der Waals surface area contributed by atoms with E-state index in [0.717, 1.165) is 51.5 Å². The number of halogens is 1. The van der Waals surface area contributed by atoms with Crippen LogP contribution in [0.2, 0.25) is 0 Å². The quantitative estimate of drug-likeness (QED) is 0.216. The summed E-state index contributed by atoms with van der Waals surface area (Å²) in [7, 11) is 1.78. The molecule has 1 heterocycles. The molecular weight excluding hydrogens is 421 g/mol. The van der Waals surface area contributed by atoms with Crippen molar-refractivity contribution in [2.24, 2.45) is 10.9 Å². The zero-order valence-electron chi connectivity index (χ0n) is 15.7. The summed E-state index contributed by atoms with van der Waals surface area (Å²) in [6.45, 7) is 11.0. The highest BCUT2D eigenvalue weighted by Gasteiger charge is 2.15. The average molecular weight is 457 g/mol. The van der Waals surface area contributed by atoms with E-state index in [4.69, 9.17) is 14.2 Å². The van der Waals surface area contributed by atoms with Gasteiger partial charge in [-0.05, 0) is 32.1 Å². The Bertz CT molecular complexity index is 324. The van der Waals surface area contributed by atoms with Gasteiger partial charge in [0, 0.05) is 33.4 Å². The van der Waals surface area contributed by atoms with E-state index >= 15 is 0 Å².